The number of piperidine rings is 1. The van der Waals surface area contributed by atoms with E-state index in [9.17, 15) is 4.79 Å². The molecule has 4 rings (SSSR count). The molecule has 0 radical (unpaired) electrons. The van der Waals surface area contributed by atoms with Crippen LogP contribution in [0.1, 0.15) is 68.3 Å². The number of likely N-dealkylation sites (tertiary alicyclic amines) is 1. The summed E-state index contributed by atoms with van der Waals surface area (Å²) in [6.07, 6.45) is 14.0. The summed E-state index contributed by atoms with van der Waals surface area (Å²) in [6.45, 7) is 5.88. The maximum atomic E-state index is 12.5. The number of hydrogen-bond donors (Lipinski definition) is 0. The predicted molar refractivity (Wildman–Crippen MR) is 107 cm³/mol. The van der Waals surface area contributed by atoms with Crippen LogP contribution in [0.3, 0.4) is 0 Å². The molecule has 3 aliphatic rings. The van der Waals surface area contributed by atoms with Gasteiger partial charge >= 0.3 is 0 Å². The first-order chi connectivity index (χ1) is 13.8. The molecule has 0 aromatic carbocycles. The lowest BCUT2D eigenvalue weighted by atomic mass is 9.87. The lowest BCUT2D eigenvalue weighted by Crippen LogP contribution is -2.43. The summed E-state index contributed by atoms with van der Waals surface area (Å²) in [5.41, 5.74) is 0.463. The van der Waals surface area contributed by atoms with Crippen molar-refractivity contribution in [3.8, 4) is 0 Å². The van der Waals surface area contributed by atoms with Gasteiger partial charge in [0.05, 0.1) is 19.4 Å². The largest absolute Gasteiger partial charge is 0.378 e. The standard InChI is InChI=1S/C21H35N5O2/c27-21(24-12-14-28-15-13-24)20-17-26(23-22-20)11-9-19-8-4-5-10-25(19)16-18-6-2-1-3-7-18/h17-19H,1-16H2. The van der Waals surface area contributed by atoms with Crippen molar-refractivity contribution < 1.29 is 9.53 Å². The Bertz CT molecular complexity index is 622. The highest BCUT2D eigenvalue weighted by molar-refractivity contribution is 5.91. The Morgan fingerprint density at radius 2 is 1.82 bits per heavy atom. The van der Waals surface area contributed by atoms with Crippen LogP contribution in [0.15, 0.2) is 6.20 Å². The Hall–Kier alpha value is -1.47. The topological polar surface area (TPSA) is 63.5 Å². The Kier molecular flexibility index (Phi) is 6.96. The van der Waals surface area contributed by atoms with Crippen molar-refractivity contribution in [2.45, 2.75) is 70.4 Å². The van der Waals surface area contributed by atoms with Gasteiger partial charge in [0.25, 0.3) is 5.91 Å². The second kappa shape index (κ2) is 9.83. The van der Waals surface area contributed by atoms with E-state index in [1.807, 2.05) is 15.8 Å². The zero-order valence-electron chi connectivity index (χ0n) is 17.1. The number of carbonyl (C=O) groups is 1. The number of rotatable bonds is 6. The zero-order chi connectivity index (χ0) is 19.2. The molecule has 1 unspecified atom stereocenters. The van der Waals surface area contributed by atoms with Crippen molar-refractivity contribution in [1.82, 2.24) is 24.8 Å². The molecular weight excluding hydrogens is 354 g/mol. The molecule has 1 atom stereocenters. The van der Waals surface area contributed by atoms with Gasteiger partial charge in [0.15, 0.2) is 5.69 Å². The van der Waals surface area contributed by atoms with Crippen LogP contribution in [-0.2, 0) is 11.3 Å². The first kappa shape index (κ1) is 19.8. The van der Waals surface area contributed by atoms with Crippen LogP contribution in [0.25, 0.3) is 0 Å². The van der Waals surface area contributed by atoms with E-state index in [0.717, 1.165) is 18.9 Å². The van der Waals surface area contributed by atoms with Gasteiger partial charge < -0.3 is 14.5 Å². The molecule has 1 aromatic rings. The first-order valence-corrected chi connectivity index (χ1v) is 11.3. The van der Waals surface area contributed by atoms with Gasteiger partial charge in [-0.3, -0.25) is 9.48 Å². The van der Waals surface area contributed by atoms with Crippen LogP contribution in [0, 0.1) is 5.92 Å². The molecular formula is C21H35N5O2. The minimum Gasteiger partial charge on any atom is -0.378 e. The number of aromatic nitrogens is 3. The molecule has 1 saturated carbocycles. The van der Waals surface area contributed by atoms with Crippen LogP contribution < -0.4 is 0 Å². The Balaban J connectivity index is 1.29. The number of aryl methyl sites for hydroxylation is 1. The van der Waals surface area contributed by atoms with E-state index in [1.165, 1.54) is 64.5 Å². The van der Waals surface area contributed by atoms with Crippen LogP contribution in [0.4, 0.5) is 0 Å². The molecule has 1 aliphatic carbocycles. The highest BCUT2D eigenvalue weighted by Crippen LogP contribution is 2.28. The number of nitrogens with zero attached hydrogens (tertiary/aromatic N) is 5. The van der Waals surface area contributed by atoms with E-state index < -0.39 is 0 Å². The minimum absolute atomic E-state index is 0.0221. The molecule has 2 saturated heterocycles. The maximum absolute atomic E-state index is 12.5. The van der Waals surface area contributed by atoms with Crippen LogP contribution in [0.5, 0.6) is 0 Å². The summed E-state index contributed by atoms with van der Waals surface area (Å²) >= 11 is 0. The average Bonchev–Trinajstić information content (AvgIpc) is 3.23. The molecule has 2 aliphatic heterocycles. The fraction of sp³-hybridized carbons (Fsp3) is 0.857. The monoisotopic (exact) mass is 389 g/mol. The molecule has 0 spiro atoms. The van der Waals surface area contributed by atoms with Gasteiger partial charge in [0.1, 0.15) is 0 Å². The number of ether oxygens (including phenoxy) is 1. The maximum Gasteiger partial charge on any atom is 0.276 e. The van der Waals surface area contributed by atoms with Gasteiger partial charge in [-0.05, 0) is 44.6 Å². The van der Waals surface area contributed by atoms with Gasteiger partial charge in [-0.1, -0.05) is 30.9 Å². The van der Waals surface area contributed by atoms with Gasteiger partial charge in [-0.15, -0.1) is 5.10 Å². The average molecular weight is 390 g/mol. The fourth-order valence-electron chi connectivity index (χ4n) is 5.04. The number of carbonyl (C=O) groups excluding carboxylic acids is 1. The van der Waals surface area contributed by atoms with Crippen molar-refractivity contribution >= 4 is 5.91 Å². The smallest absolute Gasteiger partial charge is 0.276 e. The highest BCUT2D eigenvalue weighted by atomic mass is 16.5. The van der Waals surface area contributed by atoms with Crippen molar-refractivity contribution in [2.75, 3.05) is 39.4 Å². The van der Waals surface area contributed by atoms with Crippen LogP contribution in [0.2, 0.25) is 0 Å². The normalized spacial score (nSPS) is 25.1. The van der Waals surface area contributed by atoms with Gasteiger partial charge in [0.2, 0.25) is 0 Å². The molecule has 3 fully saturated rings. The quantitative estimate of drug-likeness (QED) is 0.748. The summed E-state index contributed by atoms with van der Waals surface area (Å²) in [4.78, 5) is 17.1. The molecule has 0 bridgehead atoms. The zero-order valence-corrected chi connectivity index (χ0v) is 17.1. The fourth-order valence-corrected chi connectivity index (χ4v) is 5.04. The predicted octanol–water partition coefficient (Wildman–Crippen LogP) is 2.58. The molecule has 28 heavy (non-hydrogen) atoms. The summed E-state index contributed by atoms with van der Waals surface area (Å²) in [7, 11) is 0. The SMILES string of the molecule is O=C(c1cn(CCC2CCCCN2CC2CCCCC2)nn1)N1CCOCC1. The third kappa shape index (κ3) is 5.11. The van der Waals surface area contributed by atoms with Gasteiger partial charge in [0, 0.05) is 32.2 Å². The van der Waals surface area contributed by atoms with E-state index in [4.69, 9.17) is 4.74 Å². The van der Waals surface area contributed by atoms with Crippen LogP contribution >= 0.6 is 0 Å². The van der Waals surface area contributed by atoms with E-state index in [-0.39, 0.29) is 5.91 Å². The number of hydrogen-bond acceptors (Lipinski definition) is 5. The lowest BCUT2D eigenvalue weighted by Gasteiger charge is -2.39. The molecule has 1 aromatic heterocycles. The molecule has 0 N–H and O–H groups in total. The van der Waals surface area contributed by atoms with Crippen molar-refractivity contribution in [1.29, 1.82) is 0 Å². The van der Waals surface area contributed by atoms with Crippen LogP contribution in [-0.4, -0.2) is 76.1 Å². The first-order valence-electron chi connectivity index (χ1n) is 11.3. The van der Waals surface area contributed by atoms with Crippen molar-refractivity contribution in [3.05, 3.63) is 11.9 Å². The second-order valence-electron chi connectivity index (χ2n) is 8.71. The van der Waals surface area contributed by atoms with E-state index in [2.05, 4.69) is 15.2 Å². The molecule has 3 heterocycles. The Morgan fingerprint density at radius 3 is 2.64 bits per heavy atom. The number of amides is 1. The van der Waals surface area contributed by atoms with Gasteiger partial charge in [-0.25, -0.2) is 0 Å². The third-order valence-corrected chi connectivity index (χ3v) is 6.71. The molecule has 1 amide bonds. The van der Waals surface area contributed by atoms with E-state index in [1.54, 1.807) is 0 Å². The van der Waals surface area contributed by atoms with E-state index in [0.29, 0.717) is 38.0 Å². The molecule has 7 nitrogen and oxygen atoms in total. The Morgan fingerprint density at radius 1 is 1.04 bits per heavy atom. The summed E-state index contributed by atoms with van der Waals surface area (Å²) in [5.74, 6) is 0.879. The van der Waals surface area contributed by atoms with Crippen molar-refractivity contribution in [2.24, 2.45) is 5.92 Å². The highest BCUT2D eigenvalue weighted by Gasteiger charge is 2.26. The molecule has 156 valence electrons. The summed E-state index contributed by atoms with van der Waals surface area (Å²) in [6, 6.07) is 0.651. The van der Waals surface area contributed by atoms with E-state index >= 15 is 0 Å². The number of morpholine rings is 1. The third-order valence-electron chi connectivity index (χ3n) is 6.71. The van der Waals surface area contributed by atoms with Gasteiger partial charge in [-0.2, -0.15) is 0 Å². The summed E-state index contributed by atoms with van der Waals surface area (Å²) in [5, 5.41) is 8.36. The van der Waals surface area contributed by atoms with Crippen molar-refractivity contribution in [3.63, 3.8) is 0 Å². The minimum atomic E-state index is -0.0221. The lowest BCUT2D eigenvalue weighted by molar-refractivity contribution is 0.0299. The Labute approximate surface area is 168 Å². The summed E-state index contributed by atoms with van der Waals surface area (Å²) < 4.78 is 7.18. The molecule has 7 heteroatoms. The second-order valence-corrected chi connectivity index (χ2v) is 8.71.